The minimum Gasteiger partial charge on any atom is -0.481 e. The fourth-order valence-corrected chi connectivity index (χ4v) is 0.831. The highest BCUT2D eigenvalue weighted by Gasteiger charge is 1.98. The Hall–Kier alpha value is -1.52. The lowest BCUT2D eigenvalue weighted by Gasteiger charge is -2.04. The van der Waals surface area contributed by atoms with Crippen molar-refractivity contribution >= 4 is 12.0 Å². The lowest BCUT2D eigenvalue weighted by Crippen LogP contribution is -2.35. The summed E-state index contributed by atoms with van der Waals surface area (Å²) in [5.41, 5.74) is 0. The number of unbranched alkanes of at least 4 members (excludes halogenated alkanes) is 1. The molecule has 3 N–H and O–H groups in total. The zero-order valence-electron chi connectivity index (χ0n) is 8.08. The molecule has 5 heteroatoms. The Bertz CT molecular complexity index is 204. The summed E-state index contributed by atoms with van der Waals surface area (Å²) in [6.45, 7) is 4.38. The van der Waals surface area contributed by atoms with Crippen molar-refractivity contribution < 1.29 is 14.7 Å². The van der Waals surface area contributed by atoms with Crippen LogP contribution in [0.5, 0.6) is 0 Å². The van der Waals surface area contributed by atoms with Gasteiger partial charge in [-0.2, -0.15) is 0 Å². The van der Waals surface area contributed by atoms with Gasteiger partial charge in [0, 0.05) is 19.5 Å². The molecule has 0 saturated heterocycles. The molecule has 0 aliphatic rings. The van der Waals surface area contributed by atoms with Crippen LogP contribution in [0.2, 0.25) is 0 Å². The van der Waals surface area contributed by atoms with Gasteiger partial charge in [-0.05, 0) is 12.8 Å². The van der Waals surface area contributed by atoms with Crippen LogP contribution >= 0.6 is 0 Å². The van der Waals surface area contributed by atoms with Crippen molar-refractivity contribution in [1.29, 1.82) is 0 Å². The predicted molar refractivity (Wildman–Crippen MR) is 53.1 cm³/mol. The Morgan fingerprint density at radius 1 is 1.29 bits per heavy atom. The summed E-state index contributed by atoms with van der Waals surface area (Å²) in [5, 5.41) is 13.5. The van der Waals surface area contributed by atoms with Crippen molar-refractivity contribution in [1.82, 2.24) is 10.6 Å². The number of hydrogen-bond donors (Lipinski definition) is 3. The molecule has 0 aromatic carbocycles. The van der Waals surface area contributed by atoms with Crippen molar-refractivity contribution in [2.75, 3.05) is 13.1 Å². The first kappa shape index (κ1) is 12.5. The summed E-state index contributed by atoms with van der Waals surface area (Å²) in [7, 11) is 0. The van der Waals surface area contributed by atoms with Gasteiger partial charge in [-0.25, -0.2) is 4.79 Å². The number of carboxylic acid groups (broad SMARTS) is 1. The van der Waals surface area contributed by atoms with Gasteiger partial charge >= 0.3 is 12.0 Å². The molecule has 2 amide bonds. The van der Waals surface area contributed by atoms with Crippen LogP contribution in [0.3, 0.4) is 0 Å². The maximum absolute atomic E-state index is 10.9. The second-order valence-corrected chi connectivity index (χ2v) is 2.78. The number of carboxylic acids is 1. The van der Waals surface area contributed by atoms with Gasteiger partial charge in [0.1, 0.15) is 0 Å². The maximum Gasteiger partial charge on any atom is 0.315 e. The molecule has 0 atom stereocenters. The zero-order chi connectivity index (χ0) is 10.8. The third kappa shape index (κ3) is 8.58. The van der Waals surface area contributed by atoms with Crippen molar-refractivity contribution in [3.8, 4) is 0 Å². The summed E-state index contributed by atoms with van der Waals surface area (Å²) in [4.78, 5) is 21.0. The first-order valence-electron chi connectivity index (χ1n) is 4.51. The van der Waals surface area contributed by atoms with Gasteiger partial charge in [-0.15, -0.1) is 6.58 Å². The number of carbonyl (C=O) groups is 2. The number of hydrogen-bond acceptors (Lipinski definition) is 2. The van der Waals surface area contributed by atoms with E-state index in [1.807, 2.05) is 0 Å². The van der Waals surface area contributed by atoms with Crippen molar-refractivity contribution in [3.05, 3.63) is 12.7 Å². The largest absolute Gasteiger partial charge is 0.481 e. The SMILES string of the molecule is C=CCNC(=O)NCCCCC(=O)O. The molecule has 0 aliphatic heterocycles. The van der Waals surface area contributed by atoms with E-state index >= 15 is 0 Å². The predicted octanol–water partition coefficient (Wildman–Crippen LogP) is 0.726. The molecule has 0 aromatic heterocycles. The summed E-state index contributed by atoms with van der Waals surface area (Å²) < 4.78 is 0. The van der Waals surface area contributed by atoms with Crippen LogP contribution in [0.1, 0.15) is 19.3 Å². The van der Waals surface area contributed by atoms with Crippen molar-refractivity contribution in [2.24, 2.45) is 0 Å². The van der Waals surface area contributed by atoms with E-state index in [2.05, 4.69) is 17.2 Å². The summed E-state index contributed by atoms with van der Waals surface area (Å²) >= 11 is 0. The summed E-state index contributed by atoms with van der Waals surface area (Å²) in [6, 6.07) is -0.250. The molecule has 0 aliphatic carbocycles. The van der Waals surface area contributed by atoms with E-state index in [0.29, 0.717) is 25.9 Å². The number of rotatable bonds is 7. The third-order valence-corrected chi connectivity index (χ3v) is 1.51. The topological polar surface area (TPSA) is 78.4 Å². The molecule has 80 valence electrons. The standard InChI is InChI=1S/C9H16N2O3/c1-2-6-10-9(14)11-7-4-3-5-8(12)13/h2H,1,3-7H2,(H,12,13)(H2,10,11,14). The van der Waals surface area contributed by atoms with E-state index in [-0.39, 0.29) is 12.5 Å². The minimum absolute atomic E-state index is 0.149. The molecule has 0 aromatic rings. The van der Waals surface area contributed by atoms with E-state index < -0.39 is 5.97 Å². The van der Waals surface area contributed by atoms with Crippen molar-refractivity contribution in [2.45, 2.75) is 19.3 Å². The van der Waals surface area contributed by atoms with Crippen LogP contribution in [0.4, 0.5) is 4.79 Å². The normalized spacial score (nSPS) is 9.14. The number of carbonyl (C=O) groups excluding carboxylic acids is 1. The smallest absolute Gasteiger partial charge is 0.315 e. The van der Waals surface area contributed by atoms with Gasteiger partial charge in [0.2, 0.25) is 0 Å². The molecule has 0 saturated carbocycles. The summed E-state index contributed by atoms with van der Waals surface area (Å²) in [6.07, 6.45) is 2.99. The van der Waals surface area contributed by atoms with Gasteiger partial charge in [0.15, 0.2) is 0 Å². The minimum atomic E-state index is -0.805. The molecule has 0 bridgehead atoms. The van der Waals surface area contributed by atoms with E-state index in [9.17, 15) is 9.59 Å². The summed E-state index contributed by atoms with van der Waals surface area (Å²) in [5.74, 6) is -0.805. The molecular formula is C9H16N2O3. The highest BCUT2D eigenvalue weighted by Crippen LogP contribution is 1.92. The van der Waals surface area contributed by atoms with Crippen LogP contribution < -0.4 is 10.6 Å². The Morgan fingerprint density at radius 2 is 2.00 bits per heavy atom. The van der Waals surface area contributed by atoms with E-state index in [1.165, 1.54) is 0 Å². The first-order chi connectivity index (χ1) is 6.66. The van der Waals surface area contributed by atoms with Crippen LogP contribution in [0, 0.1) is 0 Å². The van der Waals surface area contributed by atoms with Crippen LogP contribution in [-0.4, -0.2) is 30.2 Å². The Balaban J connectivity index is 3.22. The molecule has 0 fully saturated rings. The van der Waals surface area contributed by atoms with E-state index in [4.69, 9.17) is 5.11 Å². The zero-order valence-corrected chi connectivity index (χ0v) is 8.08. The van der Waals surface area contributed by atoms with Gasteiger partial charge in [-0.1, -0.05) is 6.08 Å². The molecule has 5 nitrogen and oxygen atoms in total. The molecular weight excluding hydrogens is 184 g/mol. The fraction of sp³-hybridized carbons (Fsp3) is 0.556. The van der Waals surface area contributed by atoms with Crippen molar-refractivity contribution in [3.63, 3.8) is 0 Å². The highest BCUT2D eigenvalue weighted by atomic mass is 16.4. The van der Waals surface area contributed by atoms with Gasteiger partial charge in [0.25, 0.3) is 0 Å². The van der Waals surface area contributed by atoms with Crippen LogP contribution in [0.15, 0.2) is 12.7 Å². The quantitative estimate of drug-likeness (QED) is 0.418. The molecule has 0 heterocycles. The molecule has 0 spiro atoms. The average molecular weight is 200 g/mol. The first-order valence-corrected chi connectivity index (χ1v) is 4.51. The van der Waals surface area contributed by atoms with Gasteiger partial charge < -0.3 is 15.7 Å². The highest BCUT2D eigenvalue weighted by molar-refractivity contribution is 5.73. The number of nitrogens with one attached hydrogen (secondary N) is 2. The van der Waals surface area contributed by atoms with Gasteiger partial charge in [0.05, 0.1) is 0 Å². The Morgan fingerprint density at radius 3 is 2.57 bits per heavy atom. The monoisotopic (exact) mass is 200 g/mol. The second-order valence-electron chi connectivity index (χ2n) is 2.78. The lowest BCUT2D eigenvalue weighted by atomic mass is 10.2. The van der Waals surface area contributed by atoms with E-state index in [1.54, 1.807) is 6.08 Å². The Labute approximate surface area is 83.2 Å². The Kier molecular flexibility index (Phi) is 7.22. The van der Waals surface area contributed by atoms with Gasteiger partial charge in [-0.3, -0.25) is 4.79 Å². The number of urea groups is 1. The average Bonchev–Trinajstić information content (AvgIpc) is 2.13. The molecule has 0 unspecified atom stereocenters. The second kappa shape index (κ2) is 8.10. The fourth-order valence-electron chi connectivity index (χ4n) is 0.831. The molecule has 0 radical (unpaired) electrons. The van der Waals surface area contributed by atoms with E-state index in [0.717, 1.165) is 0 Å². The van der Waals surface area contributed by atoms with Crippen LogP contribution in [-0.2, 0) is 4.79 Å². The molecule has 0 rings (SSSR count). The number of aliphatic carboxylic acids is 1. The lowest BCUT2D eigenvalue weighted by molar-refractivity contribution is -0.137. The molecule has 14 heavy (non-hydrogen) atoms. The third-order valence-electron chi connectivity index (χ3n) is 1.51. The number of amides is 2. The maximum atomic E-state index is 10.9. The van der Waals surface area contributed by atoms with Crippen LogP contribution in [0.25, 0.3) is 0 Å².